The summed E-state index contributed by atoms with van der Waals surface area (Å²) in [7, 11) is 2.19. The molecule has 124 valence electrons. The van der Waals surface area contributed by atoms with Gasteiger partial charge in [0.05, 0.1) is 0 Å². The van der Waals surface area contributed by atoms with Crippen molar-refractivity contribution in [3.63, 3.8) is 0 Å². The Balaban J connectivity index is 2.07. The Morgan fingerprint density at radius 1 is 1.43 bits per heavy atom. The average Bonchev–Trinajstić information content (AvgIpc) is 2.32. The van der Waals surface area contributed by atoms with Gasteiger partial charge < -0.3 is 20.3 Å². The molecule has 0 aromatic rings. The van der Waals surface area contributed by atoms with Crippen molar-refractivity contribution in [3.05, 3.63) is 0 Å². The van der Waals surface area contributed by atoms with Crippen LogP contribution in [0.2, 0.25) is 0 Å². The Morgan fingerprint density at radius 3 is 2.76 bits per heavy atom. The normalized spacial score (nSPS) is 21.9. The lowest BCUT2D eigenvalue weighted by Gasteiger charge is -2.30. The fourth-order valence-corrected chi connectivity index (χ4v) is 2.65. The van der Waals surface area contributed by atoms with Crippen molar-refractivity contribution in [2.24, 2.45) is 5.92 Å². The largest absolute Gasteiger partial charge is 0.444 e. The van der Waals surface area contributed by atoms with E-state index in [4.69, 9.17) is 4.74 Å². The Morgan fingerprint density at radius 2 is 2.14 bits per heavy atom. The number of rotatable bonds is 6. The number of likely N-dealkylation sites (tertiary alicyclic amines) is 1. The van der Waals surface area contributed by atoms with Crippen molar-refractivity contribution >= 4 is 6.09 Å². The SMILES string of the molecule is CC(CCNCC1CCCN(C)C1)NC(=O)OC(C)(C)C. The molecule has 1 amide bonds. The van der Waals surface area contributed by atoms with Crippen molar-refractivity contribution in [2.45, 2.75) is 58.6 Å². The second-order valence-electron chi connectivity index (χ2n) is 7.31. The van der Waals surface area contributed by atoms with Gasteiger partial charge in [0.25, 0.3) is 0 Å². The molecule has 1 saturated heterocycles. The first-order valence-corrected chi connectivity index (χ1v) is 8.15. The van der Waals surface area contributed by atoms with Gasteiger partial charge in [-0.15, -0.1) is 0 Å². The smallest absolute Gasteiger partial charge is 0.407 e. The molecule has 1 fully saturated rings. The molecule has 0 aliphatic carbocycles. The van der Waals surface area contributed by atoms with Gasteiger partial charge in [0.15, 0.2) is 0 Å². The van der Waals surface area contributed by atoms with Gasteiger partial charge >= 0.3 is 6.09 Å². The third kappa shape index (κ3) is 8.94. The van der Waals surface area contributed by atoms with E-state index in [1.807, 2.05) is 27.7 Å². The van der Waals surface area contributed by atoms with Crippen molar-refractivity contribution in [3.8, 4) is 0 Å². The summed E-state index contributed by atoms with van der Waals surface area (Å²) in [6.45, 7) is 12.1. The summed E-state index contributed by atoms with van der Waals surface area (Å²) in [6.07, 6.45) is 3.22. The number of amides is 1. The predicted octanol–water partition coefficient (Wildman–Crippen LogP) is 2.22. The lowest BCUT2D eigenvalue weighted by atomic mass is 9.98. The van der Waals surface area contributed by atoms with E-state index in [0.29, 0.717) is 0 Å². The number of nitrogens with one attached hydrogen (secondary N) is 2. The minimum Gasteiger partial charge on any atom is -0.444 e. The zero-order chi connectivity index (χ0) is 15.9. The van der Waals surface area contributed by atoms with Gasteiger partial charge in [-0.3, -0.25) is 0 Å². The highest BCUT2D eigenvalue weighted by Crippen LogP contribution is 2.13. The summed E-state index contributed by atoms with van der Waals surface area (Å²) in [5, 5.41) is 6.38. The van der Waals surface area contributed by atoms with Gasteiger partial charge in [-0.2, -0.15) is 0 Å². The molecule has 1 rings (SSSR count). The van der Waals surface area contributed by atoms with Crippen molar-refractivity contribution in [1.29, 1.82) is 0 Å². The molecule has 1 aliphatic rings. The second-order valence-corrected chi connectivity index (χ2v) is 7.31. The Hall–Kier alpha value is -0.810. The second kappa shape index (κ2) is 8.59. The van der Waals surface area contributed by atoms with Crippen LogP contribution in [0.4, 0.5) is 4.79 Å². The van der Waals surface area contributed by atoms with Crippen LogP contribution in [0.25, 0.3) is 0 Å². The topological polar surface area (TPSA) is 53.6 Å². The molecule has 0 aromatic heterocycles. The molecule has 5 heteroatoms. The first kappa shape index (κ1) is 18.2. The number of hydrogen-bond acceptors (Lipinski definition) is 4. The standard InChI is InChI=1S/C16H33N3O2/c1-13(18-15(20)21-16(2,3)4)8-9-17-11-14-7-6-10-19(5)12-14/h13-14,17H,6-12H2,1-5H3,(H,18,20). The van der Waals surface area contributed by atoms with Gasteiger partial charge in [-0.1, -0.05) is 0 Å². The summed E-state index contributed by atoms with van der Waals surface area (Å²) in [6, 6.07) is 0.126. The highest BCUT2D eigenvalue weighted by molar-refractivity contribution is 5.67. The average molecular weight is 299 g/mol. The zero-order valence-corrected chi connectivity index (χ0v) is 14.4. The van der Waals surface area contributed by atoms with Gasteiger partial charge in [0.2, 0.25) is 0 Å². The minimum absolute atomic E-state index is 0.126. The van der Waals surface area contributed by atoms with Crippen LogP contribution in [0.3, 0.4) is 0 Å². The molecule has 0 spiro atoms. The molecule has 5 nitrogen and oxygen atoms in total. The Labute approximate surface area is 129 Å². The maximum Gasteiger partial charge on any atom is 0.407 e. The lowest BCUT2D eigenvalue weighted by molar-refractivity contribution is 0.0506. The molecule has 2 atom stereocenters. The molecule has 0 aromatic carbocycles. The highest BCUT2D eigenvalue weighted by atomic mass is 16.6. The van der Waals surface area contributed by atoms with Crippen LogP contribution >= 0.6 is 0 Å². The van der Waals surface area contributed by atoms with Crippen molar-refractivity contribution in [1.82, 2.24) is 15.5 Å². The molecule has 1 aliphatic heterocycles. The van der Waals surface area contributed by atoms with Crippen LogP contribution in [-0.2, 0) is 4.74 Å². The maximum atomic E-state index is 11.6. The summed E-state index contributed by atoms with van der Waals surface area (Å²) in [4.78, 5) is 14.0. The van der Waals surface area contributed by atoms with Crippen LogP contribution in [0, 0.1) is 5.92 Å². The summed E-state index contributed by atoms with van der Waals surface area (Å²) >= 11 is 0. The maximum absolute atomic E-state index is 11.6. The molecule has 21 heavy (non-hydrogen) atoms. The molecule has 2 unspecified atom stereocenters. The van der Waals surface area contributed by atoms with E-state index in [1.165, 1.54) is 25.9 Å². The van der Waals surface area contributed by atoms with Crippen molar-refractivity contribution in [2.75, 3.05) is 33.2 Å². The number of nitrogens with zero attached hydrogens (tertiary/aromatic N) is 1. The monoisotopic (exact) mass is 299 g/mol. The summed E-state index contributed by atoms with van der Waals surface area (Å²) in [5.74, 6) is 0.762. The Kier molecular flexibility index (Phi) is 7.46. The highest BCUT2D eigenvalue weighted by Gasteiger charge is 2.18. The van der Waals surface area contributed by atoms with E-state index in [0.717, 1.165) is 25.4 Å². The van der Waals surface area contributed by atoms with Crippen LogP contribution in [0.1, 0.15) is 47.0 Å². The van der Waals surface area contributed by atoms with Gasteiger partial charge in [0, 0.05) is 12.6 Å². The lowest BCUT2D eigenvalue weighted by Crippen LogP contribution is -2.40. The fourth-order valence-electron chi connectivity index (χ4n) is 2.65. The van der Waals surface area contributed by atoms with Crippen LogP contribution in [0.5, 0.6) is 0 Å². The van der Waals surface area contributed by atoms with Crippen LogP contribution in [0.15, 0.2) is 0 Å². The van der Waals surface area contributed by atoms with Crippen molar-refractivity contribution < 1.29 is 9.53 Å². The van der Waals surface area contributed by atoms with E-state index < -0.39 is 5.60 Å². The number of ether oxygens (including phenoxy) is 1. The van der Waals surface area contributed by atoms with Crippen LogP contribution < -0.4 is 10.6 Å². The Bertz CT molecular complexity index is 315. The number of hydrogen-bond donors (Lipinski definition) is 2. The number of alkyl carbamates (subject to hydrolysis) is 1. The third-order valence-electron chi connectivity index (χ3n) is 3.67. The summed E-state index contributed by atoms with van der Waals surface area (Å²) in [5.41, 5.74) is -0.435. The molecular weight excluding hydrogens is 266 g/mol. The quantitative estimate of drug-likeness (QED) is 0.739. The molecule has 0 bridgehead atoms. The number of carbonyl (C=O) groups excluding carboxylic acids is 1. The van der Waals surface area contributed by atoms with E-state index >= 15 is 0 Å². The molecule has 1 heterocycles. The van der Waals surface area contributed by atoms with Gasteiger partial charge in [-0.25, -0.2) is 4.79 Å². The molecule has 0 saturated carbocycles. The number of piperidine rings is 1. The molecule has 0 radical (unpaired) electrons. The predicted molar refractivity (Wildman–Crippen MR) is 86.5 cm³/mol. The molecular formula is C16H33N3O2. The number of carbonyl (C=O) groups is 1. The van der Waals surface area contributed by atoms with Gasteiger partial charge in [0.1, 0.15) is 5.60 Å². The first-order chi connectivity index (χ1) is 9.76. The van der Waals surface area contributed by atoms with Crippen LogP contribution in [-0.4, -0.2) is 55.9 Å². The fraction of sp³-hybridized carbons (Fsp3) is 0.938. The summed E-state index contributed by atoms with van der Waals surface area (Å²) < 4.78 is 5.25. The van der Waals surface area contributed by atoms with E-state index in [-0.39, 0.29) is 12.1 Å². The van der Waals surface area contributed by atoms with Gasteiger partial charge in [-0.05, 0) is 79.6 Å². The van der Waals surface area contributed by atoms with E-state index in [9.17, 15) is 4.79 Å². The third-order valence-corrected chi connectivity index (χ3v) is 3.67. The van der Waals surface area contributed by atoms with E-state index in [2.05, 4.69) is 22.6 Å². The minimum atomic E-state index is -0.435. The van der Waals surface area contributed by atoms with E-state index in [1.54, 1.807) is 0 Å². The first-order valence-electron chi connectivity index (χ1n) is 8.15. The zero-order valence-electron chi connectivity index (χ0n) is 14.4. The molecule has 2 N–H and O–H groups in total.